The zero-order valence-corrected chi connectivity index (χ0v) is 9.11. The molecule has 0 aliphatic heterocycles. The Labute approximate surface area is 98.3 Å². The van der Waals surface area contributed by atoms with Gasteiger partial charge in [-0.05, 0) is 12.1 Å². The predicted octanol–water partition coefficient (Wildman–Crippen LogP) is 2.01. The quantitative estimate of drug-likeness (QED) is 0.589. The molecule has 0 heterocycles. The van der Waals surface area contributed by atoms with Gasteiger partial charge in [0, 0.05) is 5.56 Å². The molecule has 0 spiro atoms. The minimum absolute atomic E-state index is 0.0120. The highest BCUT2D eigenvalue weighted by molar-refractivity contribution is 6.33. The Morgan fingerprint density at radius 1 is 1.31 bits per heavy atom. The number of halogens is 1. The number of nitrogens with zero attached hydrogens (tertiary/aromatic N) is 3. The van der Waals surface area contributed by atoms with E-state index in [1.54, 1.807) is 18.2 Å². The Kier molecular flexibility index (Phi) is 4.32. The van der Waals surface area contributed by atoms with Crippen LogP contribution >= 0.6 is 11.6 Å². The van der Waals surface area contributed by atoms with Crippen molar-refractivity contribution in [2.45, 2.75) is 0 Å². The van der Waals surface area contributed by atoms with Crippen LogP contribution in [0.5, 0.6) is 0 Å². The van der Waals surface area contributed by atoms with Crippen molar-refractivity contribution in [2.24, 2.45) is 0 Å². The molecule has 1 rings (SSSR count). The second-order valence-corrected chi connectivity index (χ2v) is 3.38. The maximum Gasteiger partial charge on any atom is 0.152 e. The number of carbonyl (C=O) groups excluding carboxylic acids is 1. The Balaban J connectivity index is 3.23. The van der Waals surface area contributed by atoms with Crippen LogP contribution in [-0.4, -0.2) is 19.4 Å². The summed E-state index contributed by atoms with van der Waals surface area (Å²) in [6, 6.07) is 8.71. The number of anilines is 1. The smallest absolute Gasteiger partial charge is 0.152 e. The molecule has 1 aromatic rings. The van der Waals surface area contributed by atoms with E-state index < -0.39 is 0 Å². The third-order valence-electron chi connectivity index (χ3n) is 1.98. The van der Waals surface area contributed by atoms with E-state index >= 15 is 0 Å². The van der Waals surface area contributed by atoms with E-state index in [2.05, 4.69) is 0 Å². The van der Waals surface area contributed by atoms with E-state index in [0.29, 0.717) is 22.6 Å². The standard InChI is InChI=1S/C11H8ClN3O/c12-10-3-1-2-9(8-16)11(10)15(6-4-13)7-5-14/h1-3,8H,6-7H2. The zero-order chi connectivity index (χ0) is 12.0. The van der Waals surface area contributed by atoms with Crippen molar-refractivity contribution in [1.82, 2.24) is 0 Å². The van der Waals surface area contributed by atoms with E-state index in [1.165, 1.54) is 4.90 Å². The summed E-state index contributed by atoms with van der Waals surface area (Å²) in [4.78, 5) is 12.3. The van der Waals surface area contributed by atoms with E-state index in [1.807, 2.05) is 12.1 Å². The second kappa shape index (κ2) is 5.75. The number of nitriles is 2. The van der Waals surface area contributed by atoms with Gasteiger partial charge in [-0.15, -0.1) is 0 Å². The topological polar surface area (TPSA) is 67.9 Å². The first-order valence-electron chi connectivity index (χ1n) is 4.47. The van der Waals surface area contributed by atoms with Gasteiger partial charge in [-0.1, -0.05) is 17.7 Å². The van der Waals surface area contributed by atoms with Crippen molar-refractivity contribution in [2.75, 3.05) is 18.0 Å². The van der Waals surface area contributed by atoms with Crippen molar-refractivity contribution in [1.29, 1.82) is 10.5 Å². The summed E-state index contributed by atoms with van der Waals surface area (Å²) in [5.41, 5.74) is 0.806. The van der Waals surface area contributed by atoms with Crippen LogP contribution < -0.4 is 4.90 Å². The van der Waals surface area contributed by atoms with Crippen molar-refractivity contribution in [3.8, 4) is 12.1 Å². The highest BCUT2D eigenvalue weighted by Crippen LogP contribution is 2.28. The number of hydrogen-bond acceptors (Lipinski definition) is 4. The Hall–Kier alpha value is -2.04. The molecule has 0 unspecified atom stereocenters. The molecule has 80 valence electrons. The normalized spacial score (nSPS) is 8.94. The van der Waals surface area contributed by atoms with Gasteiger partial charge in [-0.25, -0.2) is 0 Å². The number of hydrogen-bond donors (Lipinski definition) is 0. The lowest BCUT2D eigenvalue weighted by Gasteiger charge is -2.20. The second-order valence-electron chi connectivity index (χ2n) is 2.97. The van der Waals surface area contributed by atoms with Gasteiger partial charge in [0.25, 0.3) is 0 Å². The third kappa shape index (κ3) is 2.50. The molecule has 0 amide bonds. The van der Waals surface area contributed by atoms with E-state index in [-0.39, 0.29) is 13.1 Å². The van der Waals surface area contributed by atoms with Gasteiger partial charge >= 0.3 is 0 Å². The van der Waals surface area contributed by atoms with E-state index in [0.717, 1.165) is 0 Å². The summed E-state index contributed by atoms with van der Waals surface area (Å²) < 4.78 is 0. The summed E-state index contributed by atoms with van der Waals surface area (Å²) in [6.45, 7) is 0.0241. The summed E-state index contributed by atoms with van der Waals surface area (Å²) in [5, 5.41) is 17.6. The van der Waals surface area contributed by atoms with Gasteiger partial charge in [0.1, 0.15) is 13.1 Å². The van der Waals surface area contributed by atoms with E-state index in [4.69, 9.17) is 22.1 Å². The maximum atomic E-state index is 10.8. The molecule has 0 N–H and O–H groups in total. The molecular weight excluding hydrogens is 226 g/mol. The Bertz CT molecular complexity index is 457. The summed E-state index contributed by atoms with van der Waals surface area (Å²) >= 11 is 5.96. The molecule has 0 aromatic heterocycles. The van der Waals surface area contributed by atoms with Crippen LogP contribution in [0.15, 0.2) is 18.2 Å². The van der Waals surface area contributed by atoms with Gasteiger partial charge in [-0.3, -0.25) is 4.79 Å². The van der Waals surface area contributed by atoms with Crippen molar-refractivity contribution < 1.29 is 4.79 Å². The lowest BCUT2D eigenvalue weighted by Crippen LogP contribution is -2.25. The largest absolute Gasteiger partial charge is 0.343 e. The first-order valence-corrected chi connectivity index (χ1v) is 4.85. The van der Waals surface area contributed by atoms with Gasteiger partial charge in [-0.2, -0.15) is 10.5 Å². The summed E-state index contributed by atoms with van der Waals surface area (Å²) in [6.07, 6.45) is 0.656. The van der Waals surface area contributed by atoms with Crippen LogP contribution in [0.25, 0.3) is 0 Å². The third-order valence-corrected chi connectivity index (χ3v) is 2.29. The van der Waals surface area contributed by atoms with Gasteiger partial charge in [0.15, 0.2) is 6.29 Å². The average molecular weight is 234 g/mol. The highest BCUT2D eigenvalue weighted by atomic mass is 35.5. The molecule has 1 aromatic carbocycles. The number of carbonyl (C=O) groups is 1. The fourth-order valence-electron chi connectivity index (χ4n) is 1.35. The first kappa shape index (κ1) is 12.0. The molecular formula is C11H8ClN3O. The molecule has 0 aliphatic rings. The molecule has 4 nitrogen and oxygen atoms in total. The van der Waals surface area contributed by atoms with Crippen LogP contribution in [0.2, 0.25) is 5.02 Å². The van der Waals surface area contributed by atoms with Crippen LogP contribution in [0.1, 0.15) is 10.4 Å². The number of rotatable bonds is 4. The predicted molar refractivity (Wildman–Crippen MR) is 60.3 cm³/mol. The van der Waals surface area contributed by atoms with Crippen LogP contribution in [0, 0.1) is 22.7 Å². The van der Waals surface area contributed by atoms with Gasteiger partial charge in [0.05, 0.1) is 22.8 Å². The number of para-hydroxylation sites is 1. The Morgan fingerprint density at radius 3 is 2.44 bits per heavy atom. The molecule has 0 saturated carbocycles. The van der Waals surface area contributed by atoms with Crippen molar-refractivity contribution in [3.05, 3.63) is 28.8 Å². The fourth-order valence-corrected chi connectivity index (χ4v) is 1.65. The lowest BCUT2D eigenvalue weighted by atomic mass is 10.1. The minimum Gasteiger partial charge on any atom is -0.343 e. The maximum absolute atomic E-state index is 10.8. The van der Waals surface area contributed by atoms with Gasteiger partial charge < -0.3 is 4.90 Å². The minimum atomic E-state index is 0.0120. The zero-order valence-electron chi connectivity index (χ0n) is 8.35. The molecule has 0 atom stereocenters. The van der Waals surface area contributed by atoms with Crippen molar-refractivity contribution >= 4 is 23.6 Å². The van der Waals surface area contributed by atoms with Crippen LogP contribution in [0.3, 0.4) is 0 Å². The number of aldehydes is 1. The molecule has 5 heteroatoms. The summed E-state index contributed by atoms with van der Waals surface area (Å²) in [7, 11) is 0. The molecule has 16 heavy (non-hydrogen) atoms. The SMILES string of the molecule is N#CCN(CC#N)c1c(Cl)cccc1C=O. The number of benzene rings is 1. The fraction of sp³-hybridized carbons (Fsp3) is 0.182. The highest BCUT2D eigenvalue weighted by Gasteiger charge is 2.13. The van der Waals surface area contributed by atoms with Crippen molar-refractivity contribution in [3.63, 3.8) is 0 Å². The molecule has 0 radical (unpaired) electrons. The first-order chi connectivity index (χ1) is 7.74. The van der Waals surface area contributed by atoms with E-state index in [9.17, 15) is 4.79 Å². The van der Waals surface area contributed by atoms with Crippen LogP contribution in [-0.2, 0) is 0 Å². The molecule has 0 aliphatic carbocycles. The average Bonchev–Trinajstić information content (AvgIpc) is 2.28. The van der Waals surface area contributed by atoms with Crippen LogP contribution in [0.4, 0.5) is 5.69 Å². The summed E-state index contributed by atoms with van der Waals surface area (Å²) in [5.74, 6) is 0. The Morgan fingerprint density at radius 2 is 1.94 bits per heavy atom. The molecule has 0 fully saturated rings. The lowest BCUT2D eigenvalue weighted by molar-refractivity contribution is 0.112. The van der Waals surface area contributed by atoms with Gasteiger partial charge in [0.2, 0.25) is 0 Å². The monoisotopic (exact) mass is 233 g/mol. The molecule has 0 saturated heterocycles. The molecule has 0 bridgehead atoms.